The molecule has 1 rings (SSSR count). The van der Waals surface area contributed by atoms with Crippen molar-refractivity contribution in [3.8, 4) is 0 Å². The number of hydrogen-bond donors (Lipinski definition) is 1. The Bertz CT molecular complexity index is 132. The van der Waals surface area contributed by atoms with Crippen LogP contribution in [0, 0.1) is 17.3 Å². The molecule has 2 unspecified atom stereocenters. The molecular formula is C10H20O. The Morgan fingerprint density at radius 3 is 2.09 bits per heavy atom. The van der Waals surface area contributed by atoms with Crippen LogP contribution >= 0.6 is 0 Å². The summed E-state index contributed by atoms with van der Waals surface area (Å²) in [6.07, 6.45) is 2.03. The molecule has 1 aliphatic carbocycles. The largest absolute Gasteiger partial charge is 0.393 e. The van der Waals surface area contributed by atoms with Crippen LogP contribution in [0.25, 0.3) is 0 Å². The van der Waals surface area contributed by atoms with Crippen LogP contribution in [0.3, 0.4) is 0 Å². The van der Waals surface area contributed by atoms with E-state index in [2.05, 4.69) is 20.8 Å². The van der Waals surface area contributed by atoms with Crippen molar-refractivity contribution in [2.45, 2.75) is 46.6 Å². The molecule has 0 saturated heterocycles. The first-order valence-electron chi connectivity index (χ1n) is 4.66. The van der Waals surface area contributed by atoms with E-state index in [0.29, 0.717) is 5.41 Å². The highest BCUT2D eigenvalue weighted by molar-refractivity contribution is 5.02. The molecule has 0 amide bonds. The highest BCUT2D eigenvalue weighted by Crippen LogP contribution is 2.60. The highest BCUT2D eigenvalue weighted by atomic mass is 16.3. The van der Waals surface area contributed by atoms with E-state index in [4.69, 9.17) is 5.11 Å². The van der Waals surface area contributed by atoms with Crippen LogP contribution in [0.4, 0.5) is 0 Å². The van der Waals surface area contributed by atoms with Gasteiger partial charge in [0.1, 0.15) is 0 Å². The van der Waals surface area contributed by atoms with Crippen LogP contribution in [0.15, 0.2) is 0 Å². The smallest absolute Gasteiger partial charge is 0.0512 e. The zero-order valence-corrected chi connectivity index (χ0v) is 8.09. The van der Waals surface area contributed by atoms with Gasteiger partial charge in [0.05, 0.1) is 6.10 Å². The molecule has 66 valence electrons. The molecular weight excluding hydrogens is 136 g/mol. The van der Waals surface area contributed by atoms with E-state index in [9.17, 15) is 0 Å². The maximum Gasteiger partial charge on any atom is 0.0512 e. The van der Waals surface area contributed by atoms with Gasteiger partial charge in [-0.15, -0.1) is 0 Å². The number of rotatable bonds is 3. The third-order valence-electron chi connectivity index (χ3n) is 3.82. The Hall–Kier alpha value is -0.0400. The molecule has 1 heteroatoms. The molecule has 0 bridgehead atoms. The summed E-state index contributed by atoms with van der Waals surface area (Å²) in [5, 5.41) is 9.12. The Morgan fingerprint density at radius 1 is 1.36 bits per heavy atom. The van der Waals surface area contributed by atoms with Crippen molar-refractivity contribution in [3.63, 3.8) is 0 Å². The summed E-state index contributed by atoms with van der Waals surface area (Å²) in [7, 11) is 0. The minimum Gasteiger partial charge on any atom is -0.393 e. The maximum absolute atomic E-state index is 9.12. The van der Waals surface area contributed by atoms with Gasteiger partial charge in [0.25, 0.3) is 0 Å². The lowest BCUT2D eigenvalue weighted by Gasteiger charge is -2.11. The van der Waals surface area contributed by atoms with E-state index in [0.717, 1.165) is 18.3 Å². The summed E-state index contributed by atoms with van der Waals surface area (Å²) < 4.78 is 0. The van der Waals surface area contributed by atoms with E-state index in [1.807, 2.05) is 6.92 Å². The fourth-order valence-corrected chi connectivity index (χ4v) is 2.05. The van der Waals surface area contributed by atoms with Crippen LogP contribution in [-0.4, -0.2) is 11.2 Å². The van der Waals surface area contributed by atoms with Crippen molar-refractivity contribution in [2.75, 3.05) is 0 Å². The SMILES string of the molecule is CC(O)CCC1(C)[C@H](C)[C@@H]1C. The molecule has 0 aromatic heterocycles. The molecule has 1 fully saturated rings. The van der Waals surface area contributed by atoms with Crippen LogP contribution in [-0.2, 0) is 0 Å². The second-order valence-electron chi connectivity index (χ2n) is 4.47. The van der Waals surface area contributed by atoms with Gasteiger partial charge >= 0.3 is 0 Å². The van der Waals surface area contributed by atoms with E-state index in [-0.39, 0.29) is 6.10 Å². The molecule has 11 heavy (non-hydrogen) atoms. The standard InChI is InChI=1S/C10H20O/c1-7(11)5-6-10(4)8(2)9(10)3/h7-9,11H,5-6H2,1-4H3/t7?,8-,9+,10?. The number of hydrogen-bond acceptors (Lipinski definition) is 1. The van der Waals surface area contributed by atoms with Crippen molar-refractivity contribution in [1.82, 2.24) is 0 Å². The van der Waals surface area contributed by atoms with Crippen molar-refractivity contribution < 1.29 is 5.11 Å². The Morgan fingerprint density at radius 2 is 1.82 bits per heavy atom. The predicted molar refractivity (Wildman–Crippen MR) is 47.3 cm³/mol. The topological polar surface area (TPSA) is 20.2 Å². The second kappa shape index (κ2) is 2.78. The highest BCUT2D eigenvalue weighted by Gasteiger charge is 2.54. The van der Waals surface area contributed by atoms with Gasteiger partial charge in [-0.1, -0.05) is 20.8 Å². The minimum atomic E-state index is -0.119. The summed E-state index contributed by atoms with van der Waals surface area (Å²) in [5.74, 6) is 1.72. The molecule has 4 atom stereocenters. The van der Waals surface area contributed by atoms with Gasteiger partial charge in [0, 0.05) is 0 Å². The molecule has 0 aliphatic heterocycles. The normalized spacial score (nSPS) is 45.5. The van der Waals surface area contributed by atoms with Crippen molar-refractivity contribution >= 4 is 0 Å². The molecule has 0 spiro atoms. The third kappa shape index (κ3) is 1.58. The van der Waals surface area contributed by atoms with E-state index >= 15 is 0 Å². The average molecular weight is 156 g/mol. The third-order valence-corrected chi connectivity index (χ3v) is 3.82. The molecule has 0 aromatic carbocycles. The molecule has 0 aromatic rings. The summed E-state index contributed by atoms with van der Waals surface area (Å²) in [6, 6.07) is 0. The van der Waals surface area contributed by atoms with Gasteiger partial charge in [-0.3, -0.25) is 0 Å². The Balaban J connectivity index is 2.28. The van der Waals surface area contributed by atoms with Crippen LogP contribution in [0.2, 0.25) is 0 Å². The Labute approximate surface area is 69.8 Å². The predicted octanol–water partition coefficient (Wildman–Crippen LogP) is 2.44. The van der Waals surface area contributed by atoms with Crippen LogP contribution in [0.5, 0.6) is 0 Å². The first-order valence-corrected chi connectivity index (χ1v) is 4.66. The summed E-state index contributed by atoms with van der Waals surface area (Å²) in [6.45, 7) is 8.84. The Kier molecular flexibility index (Phi) is 2.29. The van der Waals surface area contributed by atoms with E-state index in [1.54, 1.807) is 0 Å². The van der Waals surface area contributed by atoms with Gasteiger partial charge in [-0.2, -0.15) is 0 Å². The quantitative estimate of drug-likeness (QED) is 0.665. The molecule has 1 aliphatic rings. The van der Waals surface area contributed by atoms with Gasteiger partial charge in [0.15, 0.2) is 0 Å². The average Bonchev–Trinajstić information content (AvgIpc) is 2.38. The fraction of sp³-hybridized carbons (Fsp3) is 1.00. The van der Waals surface area contributed by atoms with Crippen LogP contribution < -0.4 is 0 Å². The monoisotopic (exact) mass is 156 g/mol. The second-order valence-corrected chi connectivity index (χ2v) is 4.47. The van der Waals surface area contributed by atoms with Gasteiger partial charge in [0.2, 0.25) is 0 Å². The zero-order valence-electron chi connectivity index (χ0n) is 8.09. The summed E-state index contributed by atoms with van der Waals surface area (Å²) in [4.78, 5) is 0. The zero-order chi connectivity index (χ0) is 8.65. The lowest BCUT2D eigenvalue weighted by atomic mass is 9.97. The molecule has 0 heterocycles. The van der Waals surface area contributed by atoms with Gasteiger partial charge in [-0.25, -0.2) is 0 Å². The lowest BCUT2D eigenvalue weighted by Crippen LogP contribution is -2.06. The maximum atomic E-state index is 9.12. The first kappa shape index (κ1) is 9.05. The van der Waals surface area contributed by atoms with Crippen molar-refractivity contribution in [2.24, 2.45) is 17.3 Å². The van der Waals surface area contributed by atoms with E-state index < -0.39 is 0 Å². The van der Waals surface area contributed by atoms with E-state index in [1.165, 1.54) is 6.42 Å². The summed E-state index contributed by atoms with van der Waals surface area (Å²) >= 11 is 0. The molecule has 0 radical (unpaired) electrons. The molecule has 1 N–H and O–H groups in total. The van der Waals surface area contributed by atoms with Crippen molar-refractivity contribution in [1.29, 1.82) is 0 Å². The lowest BCUT2D eigenvalue weighted by molar-refractivity contribution is 0.169. The number of aliphatic hydroxyl groups is 1. The first-order chi connectivity index (χ1) is 4.98. The van der Waals surface area contributed by atoms with Crippen molar-refractivity contribution in [3.05, 3.63) is 0 Å². The molecule has 1 saturated carbocycles. The fourth-order valence-electron chi connectivity index (χ4n) is 2.05. The molecule has 1 nitrogen and oxygen atoms in total. The van der Waals surface area contributed by atoms with Crippen LogP contribution in [0.1, 0.15) is 40.5 Å². The minimum absolute atomic E-state index is 0.119. The van der Waals surface area contributed by atoms with Gasteiger partial charge in [-0.05, 0) is 37.0 Å². The summed E-state index contributed by atoms with van der Waals surface area (Å²) in [5.41, 5.74) is 0.539. The number of aliphatic hydroxyl groups excluding tert-OH is 1. The van der Waals surface area contributed by atoms with Gasteiger partial charge < -0.3 is 5.11 Å².